The van der Waals surface area contributed by atoms with Crippen LogP contribution in [0.15, 0.2) is 0 Å². The number of nitrogens with two attached hydrogens (primary N) is 3. The molecule has 3 nitrogen and oxygen atoms in total. The van der Waals surface area contributed by atoms with Crippen LogP contribution in [-0.2, 0) is 0 Å². The van der Waals surface area contributed by atoms with Gasteiger partial charge in [0.05, 0.1) is 0 Å². The van der Waals surface area contributed by atoms with Gasteiger partial charge in [-0.15, -0.1) is 0 Å². The molecule has 0 fully saturated rings. The van der Waals surface area contributed by atoms with Crippen molar-refractivity contribution in [1.82, 2.24) is 0 Å². The van der Waals surface area contributed by atoms with E-state index in [4.69, 9.17) is 17.2 Å². The molecule has 0 heterocycles. The minimum atomic E-state index is 0. The molecule has 0 bridgehead atoms. The van der Waals surface area contributed by atoms with Crippen LogP contribution >= 0.6 is 0 Å². The molecule has 0 aliphatic heterocycles. The Labute approximate surface area is 61.0 Å². The third-order valence-electron chi connectivity index (χ3n) is 1.00. The molecule has 52 valence electrons. The molecule has 0 rings (SSSR count). The average molecular weight is 180 g/mol. The van der Waals surface area contributed by atoms with Crippen molar-refractivity contribution in [2.45, 2.75) is 0 Å². The first-order chi connectivity index (χ1) is 3.35. The Bertz CT molecular complexity index is 32.8. The Hall–Kier alpha value is 0.423. The van der Waals surface area contributed by atoms with Crippen molar-refractivity contribution in [2.75, 3.05) is 19.6 Å². The van der Waals surface area contributed by atoms with E-state index in [-0.39, 0.29) is 17.6 Å². The monoisotopic (exact) mass is 181 g/mol. The summed E-state index contributed by atoms with van der Waals surface area (Å²) in [4.78, 5) is 0. The molecule has 0 atom stereocenters. The van der Waals surface area contributed by atoms with Crippen molar-refractivity contribution in [3.63, 3.8) is 0 Å². The van der Waals surface area contributed by atoms with Gasteiger partial charge < -0.3 is 17.2 Å². The summed E-state index contributed by atoms with van der Waals surface area (Å²) in [6, 6.07) is 0. The van der Waals surface area contributed by atoms with E-state index in [1.807, 2.05) is 0 Å². The molecular formula is C4H17GeN3. The van der Waals surface area contributed by atoms with Gasteiger partial charge in [-0.1, -0.05) is 0 Å². The van der Waals surface area contributed by atoms with E-state index >= 15 is 0 Å². The number of hydrogen-bond acceptors (Lipinski definition) is 3. The van der Waals surface area contributed by atoms with Crippen molar-refractivity contribution in [2.24, 2.45) is 23.1 Å². The summed E-state index contributed by atoms with van der Waals surface area (Å²) >= 11 is 0. The molecule has 0 aromatic rings. The second-order valence-electron chi connectivity index (χ2n) is 1.57. The van der Waals surface area contributed by atoms with Crippen LogP contribution in [0.2, 0.25) is 0 Å². The van der Waals surface area contributed by atoms with Crippen molar-refractivity contribution < 1.29 is 0 Å². The van der Waals surface area contributed by atoms with Gasteiger partial charge in [0, 0.05) is 0 Å². The summed E-state index contributed by atoms with van der Waals surface area (Å²) in [6.07, 6.45) is 0. The van der Waals surface area contributed by atoms with E-state index in [1.54, 1.807) is 0 Å². The summed E-state index contributed by atoms with van der Waals surface area (Å²) in [5, 5.41) is 0. The van der Waals surface area contributed by atoms with Crippen LogP contribution < -0.4 is 17.2 Å². The fourth-order valence-corrected chi connectivity index (χ4v) is 0.289. The zero-order chi connectivity index (χ0) is 5.70. The maximum atomic E-state index is 5.23. The van der Waals surface area contributed by atoms with Crippen LogP contribution in [-0.4, -0.2) is 37.2 Å². The van der Waals surface area contributed by atoms with Crippen molar-refractivity contribution in [1.29, 1.82) is 0 Å². The van der Waals surface area contributed by atoms with Gasteiger partial charge in [0.25, 0.3) is 0 Å². The Morgan fingerprint density at radius 1 is 0.875 bits per heavy atom. The summed E-state index contributed by atoms with van der Waals surface area (Å²) in [5.41, 5.74) is 15.7. The van der Waals surface area contributed by atoms with Crippen LogP contribution in [0.5, 0.6) is 0 Å². The van der Waals surface area contributed by atoms with Gasteiger partial charge in [-0.2, -0.15) is 0 Å². The second-order valence-corrected chi connectivity index (χ2v) is 1.57. The Morgan fingerprint density at radius 2 is 1.12 bits per heavy atom. The van der Waals surface area contributed by atoms with E-state index in [0.717, 1.165) is 0 Å². The van der Waals surface area contributed by atoms with Crippen LogP contribution in [0, 0.1) is 5.92 Å². The average Bonchev–Trinajstić information content (AvgIpc) is 1.72. The molecular weight excluding hydrogens is 163 g/mol. The first-order valence-electron chi connectivity index (χ1n) is 2.45. The van der Waals surface area contributed by atoms with Crippen LogP contribution in [0.4, 0.5) is 0 Å². The number of hydrogen-bond donors (Lipinski definition) is 3. The molecule has 6 N–H and O–H groups in total. The van der Waals surface area contributed by atoms with Gasteiger partial charge in [-0.3, -0.25) is 0 Å². The molecule has 0 unspecified atom stereocenters. The predicted octanol–water partition coefficient (Wildman–Crippen LogP) is -2.97. The number of rotatable bonds is 3. The molecule has 0 aliphatic carbocycles. The van der Waals surface area contributed by atoms with Crippen LogP contribution in [0.1, 0.15) is 0 Å². The first kappa shape index (κ1) is 11.2. The van der Waals surface area contributed by atoms with Gasteiger partial charge in [0.15, 0.2) is 0 Å². The third-order valence-corrected chi connectivity index (χ3v) is 1.00. The van der Waals surface area contributed by atoms with Crippen molar-refractivity contribution in [3.05, 3.63) is 0 Å². The molecule has 0 aliphatic rings. The maximum absolute atomic E-state index is 5.23. The van der Waals surface area contributed by atoms with Crippen molar-refractivity contribution in [3.8, 4) is 0 Å². The van der Waals surface area contributed by atoms with Crippen molar-refractivity contribution >= 4 is 17.6 Å². The minimum absolute atomic E-state index is 0. The van der Waals surface area contributed by atoms with E-state index < -0.39 is 0 Å². The molecule has 0 radical (unpaired) electrons. The zero-order valence-electron chi connectivity index (χ0n) is 4.43. The Kier molecular flexibility index (Phi) is 10.4. The topological polar surface area (TPSA) is 78.1 Å². The second kappa shape index (κ2) is 7.42. The fraction of sp³-hybridized carbons (Fsp3) is 1.00. The Morgan fingerprint density at radius 3 is 1.12 bits per heavy atom. The molecule has 0 saturated heterocycles. The fourth-order valence-electron chi connectivity index (χ4n) is 0.289. The van der Waals surface area contributed by atoms with Crippen LogP contribution in [0.3, 0.4) is 0 Å². The van der Waals surface area contributed by atoms with E-state index in [2.05, 4.69) is 0 Å². The molecule has 8 heavy (non-hydrogen) atoms. The van der Waals surface area contributed by atoms with E-state index in [9.17, 15) is 0 Å². The summed E-state index contributed by atoms with van der Waals surface area (Å²) in [6.45, 7) is 1.81. The molecule has 0 aromatic carbocycles. The van der Waals surface area contributed by atoms with Crippen LogP contribution in [0.25, 0.3) is 0 Å². The van der Waals surface area contributed by atoms with E-state index in [1.165, 1.54) is 0 Å². The quantitative estimate of drug-likeness (QED) is 0.405. The Balaban J connectivity index is 0. The van der Waals surface area contributed by atoms with E-state index in [0.29, 0.717) is 25.6 Å². The molecule has 0 saturated carbocycles. The summed E-state index contributed by atoms with van der Waals surface area (Å²) in [5.74, 6) is 0.319. The molecule has 0 aromatic heterocycles. The normalized spacial score (nSPS) is 9.00. The van der Waals surface area contributed by atoms with Gasteiger partial charge in [0.1, 0.15) is 0 Å². The standard InChI is InChI=1S/C4H13N3.GeH4/c5-1-4(2-6)3-7;/h4H,1-3,5-7H2;1H4. The third kappa shape index (κ3) is 4.58. The van der Waals surface area contributed by atoms with Gasteiger partial charge >= 0.3 is 17.6 Å². The summed E-state index contributed by atoms with van der Waals surface area (Å²) in [7, 11) is 0. The van der Waals surface area contributed by atoms with Gasteiger partial charge in [0.2, 0.25) is 0 Å². The molecule has 0 amide bonds. The summed E-state index contributed by atoms with van der Waals surface area (Å²) < 4.78 is 0. The van der Waals surface area contributed by atoms with Gasteiger partial charge in [-0.05, 0) is 25.6 Å². The molecule has 0 spiro atoms. The predicted molar refractivity (Wildman–Crippen MR) is 42.0 cm³/mol. The molecule has 4 heteroatoms. The first-order valence-corrected chi connectivity index (χ1v) is 2.45. The zero-order valence-corrected chi connectivity index (χ0v) is 4.43. The van der Waals surface area contributed by atoms with Gasteiger partial charge in [-0.25, -0.2) is 0 Å². The SMILES string of the molecule is NCC(CN)CN.[GeH4].